The highest BCUT2D eigenvalue weighted by Gasteiger charge is 2.20. The topological polar surface area (TPSA) is 41.1 Å². The Balaban J connectivity index is 2.18. The molecule has 0 unspecified atom stereocenters. The predicted octanol–water partition coefficient (Wildman–Crippen LogP) is 3.44. The van der Waals surface area contributed by atoms with E-state index in [9.17, 15) is 0 Å². The predicted molar refractivity (Wildman–Crippen MR) is 79.2 cm³/mol. The molecule has 0 aromatic carbocycles. The fraction of sp³-hybridized carbons (Fsp3) is 0.692. The molecule has 18 heavy (non-hydrogen) atoms. The summed E-state index contributed by atoms with van der Waals surface area (Å²) in [5.74, 6) is 1.66. The van der Waals surface area contributed by atoms with Crippen LogP contribution in [0.2, 0.25) is 0 Å². The summed E-state index contributed by atoms with van der Waals surface area (Å²) in [4.78, 5) is 11.1. The Labute approximate surface area is 117 Å². The zero-order valence-electron chi connectivity index (χ0n) is 11.1. The maximum Gasteiger partial charge on any atom is 0.224 e. The smallest absolute Gasteiger partial charge is 0.224 e. The van der Waals surface area contributed by atoms with E-state index >= 15 is 0 Å². The van der Waals surface area contributed by atoms with E-state index in [-0.39, 0.29) is 0 Å². The number of rotatable bonds is 3. The van der Waals surface area contributed by atoms with Crippen LogP contribution in [0, 0.1) is 0 Å². The Morgan fingerprint density at radius 3 is 2.56 bits per heavy atom. The van der Waals surface area contributed by atoms with Crippen molar-refractivity contribution in [2.45, 2.75) is 44.6 Å². The third kappa shape index (κ3) is 3.13. The van der Waals surface area contributed by atoms with Gasteiger partial charge in [0.1, 0.15) is 5.82 Å². The summed E-state index contributed by atoms with van der Waals surface area (Å²) in [6.07, 6.45) is 9.76. The first-order valence-electron chi connectivity index (χ1n) is 6.65. The van der Waals surface area contributed by atoms with Crippen molar-refractivity contribution in [1.29, 1.82) is 0 Å². The molecule has 1 N–H and O–H groups in total. The van der Waals surface area contributed by atoms with Gasteiger partial charge in [0.05, 0.1) is 4.47 Å². The van der Waals surface area contributed by atoms with Gasteiger partial charge in [0.25, 0.3) is 0 Å². The Morgan fingerprint density at radius 1 is 1.28 bits per heavy atom. The summed E-state index contributed by atoms with van der Waals surface area (Å²) in [7, 11) is 3.99. The van der Waals surface area contributed by atoms with Crippen molar-refractivity contribution < 1.29 is 0 Å². The van der Waals surface area contributed by atoms with Gasteiger partial charge in [0.15, 0.2) is 0 Å². The molecule has 1 aliphatic carbocycles. The fourth-order valence-corrected chi connectivity index (χ4v) is 3.01. The van der Waals surface area contributed by atoms with Gasteiger partial charge in [-0.3, -0.25) is 0 Å². The average molecular weight is 313 g/mol. The summed E-state index contributed by atoms with van der Waals surface area (Å²) in [5, 5.41) is 2.99. The number of halogens is 1. The first kappa shape index (κ1) is 13.6. The highest BCUT2D eigenvalue weighted by atomic mass is 79.9. The van der Waals surface area contributed by atoms with E-state index in [2.05, 4.69) is 43.2 Å². The van der Waals surface area contributed by atoms with E-state index in [1.54, 1.807) is 0 Å². The summed E-state index contributed by atoms with van der Waals surface area (Å²) in [6, 6.07) is 0.600. The van der Waals surface area contributed by atoms with E-state index in [4.69, 9.17) is 0 Å². The van der Waals surface area contributed by atoms with Crippen LogP contribution in [0.5, 0.6) is 0 Å². The van der Waals surface area contributed by atoms with Crippen LogP contribution < -0.4 is 10.2 Å². The van der Waals surface area contributed by atoms with Crippen LogP contribution >= 0.6 is 15.9 Å². The van der Waals surface area contributed by atoms with Crippen LogP contribution in [0.3, 0.4) is 0 Å². The lowest BCUT2D eigenvalue weighted by Gasteiger charge is -2.29. The molecular weight excluding hydrogens is 292 g/mol. The highest BCUT2D eigenvalue weighted by molar-refractivity contribution is 9.10. The summed E-state index contributed by atoms with van der Waals surface area (Å²) < 4.78 is 0.966. The third-order valence-corrected chi connectivity index (χ3v) is 4.22. The normalized spacial score (nSPS) is 17.3. The third-order valence-electron chi connectivity index (χ3n) is 3.66. The molecule has 1 saturated carbocycles. The largest absolute Gasteiger partial charge is 0.357 e. The lowest BCUT2D eigenvalue weighted by Crippen LogP contribution is -2.32. The molecule has 1 aromatic heterocycles. The highest BCUT2D eigenvalue weighted by Crippen LogP contribution is 2.29. The van der Waals surface area contributed by atoms with E-state index < -0.39 is 0 Å². The Bertz CT molecular complexity index is 389. The molecule has 4 nitrogen and oxygen atoms in total. The van der Waals surface area contributed by atoms with E-state index in [1.165, 1.54) is 38.5 Å². The van der Waals surface area contributed by atoms with E-state index in [0.29, 0.717) is 12.0 Å². The molecule has 0 saturated heterocycles. The molecule has 1 fully saturated rings. The van der Waals surface area contributed by atoms with Crippen molar-refractivity contribution in [3.8, 4) is 0 Å². The van der Waals surface area contributed by atoms with Gasteiger partial charge in [-0.05, 0) is 28.8 Å². The first-order valence-corrected chi connectivity index (χ1v) is 7.45. The van der Waals surface area contributed by atoms with Crippen molar-refractivity contribution in [3.05, 3.63) is 10.7 Å². The fourth-order valence-electron chi connectivity index (χ4n) is 2.54. The maximum atomic E-state index is 4.55. The van der Waals surface area contributed by atoms with Crippen molar-refractivity contribution in [1.82, 2.24) is 9.97 Å². The van der Waals surface area contributed by atoms with Gasteiger partial charge in [-0.15, -0.1) is 0 Å². The average Bonchev–Trinajstić information content (AvgIpc) is 2.67. The molecule has 1 heterocycles. The van der Waals surface area contributed by atoms with Gasteiger partial charge in [-0.1, -0.05) is 25.7 Å². The molecule has 0 spiro atoms. The van der Waals surface area contributed by atoms with Crippen molar-refractivity contribution in [2.24, 2.45) is 0 Å². The van der Waals surface area contributed by atoms with Crippen LogP contribution in [-0.2, 0) is 0 Å². The molecular formula is C13H21BrN4. The van der Waals surface area contributed by atoms with Gasteiger partial charge in [0, 0.05) is 26.3 Å². The second-order valence-electron chi connectivity index (χ2n) is 4.87. The Hall–Kier alpha value is -0.840. The number of hydrogen-bond donors (Lipinski definition) is 1. The number of anilines is 2. The first-order chi connectivity index (χ1) is 8.72. The van der Waals surface area contributed by atoms with Crippen LogP contribution in [0.1, 0.15) is 38.5 Å². The molecule has 0 radical (unpaired) electrons. The quantitative estimate of drug-likeness (QED) is 0.868. The maximum absolute atomic E-state index is 4.55. The molecule has 2 rings (SSSR count). The van der Waals surface area contributed by atoms with E-state index in [1.807, 2.05) is 13.2 Å². The van der Waals surface area contributed by atoms with Gasteiger partial charge in [-0.25, -0.2) is 4.98 Å². The van der Waals surface area contributed by atoms with Crippen LogP contribution in [0.15, 0.2) is 10.7 Å². The molecule has 100 valence electrons. The Morgan fingerprint density at radius 2 is 1.94 bits per heavy atom. The Kier molecular flexibility index (Phi) is 4.80. The molecule has 0 aliphatic heterocycles. The van der Waals surface area contributed by atoms with Crippen LogP contribution in [0.4, 0.5) is 11.8 Å². The van der Waals surface area contributed by atoms with Crippen molar-refractivity contribution in [2.75, 3.05) is 24.3 Å². The van der Waals surface area contributed by atoms with Crippen LogP contribution in [-0.4, -0.2) is 30.1 Å². The number of aromatic nitrogens is 2. The summed E-state index contributed by atoms with van der Waals surface area (Å²) in [5.41, 5.74) is 0. The van der Waals surface area contributed by atoms with Crippen molar-refractivity contribution in [3.63, 3.8) is 0 Å². The molecule has 1 aromatic rings. The number of hydrogen-bond acceptors (Lipinski definition) is 4. The molecule has 5 heteroatoms. The lowest BCUT2D eigenvalue weighted by atomic mass is 10.1. The van der Waals surface area contributed by atoms with Gasteiger partial charge in [0.2, 0.25) is 5.95 Å². The lowest BCUT2D eigenvalue weighted by molar-refractivity contribution is 0.548. The molecule has 0 bridgehead atoms. The zero-order chi connectivity index (χ0) is 13.0. The molecule has 1 aliphatic rings. The van der Waals surface area contributed by atoms with Crippen LogP contribution in [0.25, 0.3) is 0 Å². The number of nitrogens with one attached hydrogen (secondary N) is 1. The second-order valence-corrected chi connectivity index (χ2v) is 5.73. The standard InChI is InChI=1S/C13H21BrN4/c1-15-13-16-9-11(14)12(17-13)18(2)10-7-5-3-4-6-8-10/h9-10H,3-8H2,1-2H3,(H,15,16,17). The van der Waals surface area contributed by atoms with Gasteiger partial charge in [-0.2, -0.15) is 4.98 Å². The minimum atomic E-state index is 0.600. The SMILES string of the molecule is CNc1ncc(Br)c(N(C)C2CCCCCC2)n1. The molecule has 0 atom stereocenters. The minimum absolute atomic E-state index is 0.600. The second kappa shape index (κ2) is 6.36. The van der Waals surface area contributed by atoms with E-state index in [0.717, 1.165) is 10.3 Å². The summed E-state index contributed by atoms with van der Waals surface area (Å²) in [6.45, 7) is 0. The van der Waals surface area contributed by atoms with Crippen molar-refractivity contribution >= 4 is 27.7 Å². The monoisotopic (exact) mass is 312 g/mol. The van der Waals surface area contributed by atoms with Gasteiger partial charge < -0.3 is 10.2 Å². The van der Waals surface area contributed by atoms with Gasteiger partial charge >= 0.3 is 0 Å². The minimum Gasteiger partial charge on any atom is -0.357 e. The number of nitrogens with zero attached hydrogens (tertiary/aromatic N) is 3. The zero-order valence-corrected chi connectivity index (χ0v) is 12.7. The summed E-state index contributed by atoms with van der Waals surface area (Å²) >= 11 is 3.55. The molecule has 0 amide bonds.